The van der Waals surface area contributed by atoms with Crippen molar-refractivity contribution in [2.45, 2.75) is 32.6 Å². The van der Waals surface area contributed by atoms with Gasteiger partial charge < -0.3 is 15.4 Å². The van der Waals surface area contributed by atoms with Gasteiger partial charge in [-0.15, -0.1) is 0 Å². The van der Waals surface area contributed by atoms with Crippen LogP contribution < -0.4 is 10.6 Å². The van der Waals surface area contributed by atoms with Crippen LogP contribution in [0.2, 0.25) is 0 Å². The van der Waals surface area contributed by atoms with Crippen LogP contribution in [0.3, 0.4) is 0 Å². The topological polar surface area (TPSA) is 50.4 Å². The van der Waals surface area contributed by atoms with E-state index in [9.17, 15) is 4.79 Å². The molecule has 98 valence electrons. The Morgan fingerprint density at radius 1 is 1.41 bits per heavy atom. The summed E-state index contributed by atoms with van der Waals surface area (Å²) in [7, 11) is 0. The average Bonchev–Trinajstić information content (AvgIpc) is 3.12. The maximum Gasteiger partial charge on any atom is 0.246 e. The van der Waals surface area contributed by atoms with Gasteiger partial charge in [-0.2, -0.15) is 0 Å². The molecule has 1 aliphatic carbocycles. The first-order valence-electron chi connectivity index (χ1n) is 6.73. The van der Waals surface area contributed by atoms with Crippen molar-refractivity contribution in [1.29, 1.82) is 0 Å². The van der Waals surface area contributed by atoms with Crippen LogP contribution in [-0.2, 0) is 9.53 Å². The maximum absolute atomic E-state index is 11.6. The molecule has 0 atom stereocenters. The molecular weight excluding hydrogens is 216 g/mol. The lowest BCUT2D eigenvalue weighted by Crippen LogP contribution is -2.43. The molecule has 1 heterocycles. The van der Waals surface area contributed by atoms with E-state index in [4.69, 9.17) is 4.74 Å². The number of hydrogen-bond acceptors (Lipinski definition) is 3. The van der Waals surface area contributed by atoms with E-state index in [1.54, 1.807) is 0 Å². The van der Waals surface area contributed by atoms with E-state index in [1.807, 2.05) is 0 Å². The molecule has 0 aromatic heterocycles. The van der Waals surface area contributed by atoms with E-state index in [0.29, 0.717) is 0 Å². The molecule has 1 saturated heterocycles. The van der Waals surface area contributed by atoms with Crippen LogP contribution in [0.15, 0.2) is 0 Å². The van der Waals surface area contributed by atoms with E-state index >= 15 is 0 Å². The molecule has 1 amide bonds. The Labute approximate surface area is 103 Å². The van der Waals surface area contributed by atoms with Gasteiger partial charge >= 0.3 is 0 Å². The number of carbonyl (C=O) groups excluding carboxylic acids is 1. The van der Waals surface area contributed by atoms with Gasteiger partial charge in [0.25, 0.3) is 0 Å². The Bertz CT molecular complexity index is 258. The van der Waals surface area contributed by atoms with Gasteiger partial charge in [0.05, 0.1) is 6.61 Å². The first-order chi connectivity index (χ1) is 8.18. The predicted molar refractivity (Wildman–Crippen MR) is 66.8 cm³/mol. The summed E-state index contributed by atoms with van der Waals surface area (Å²) >= 11 is 0. The summed E-state index contributed by atoms with van der Waals surface area (Å²) in [5.74, 6) is 0.759. The van der Waals surface area contributed by atoms with Crippen LogP contribution in [0.25, 0.3) is 0 Å². The molecule has 4 nitrogen and oxygen atoms in total. The fourth-order valence-corrected chi connectivity index (χ4v) is 2.17. The third-order valence-corrected chi connectivity index (χ3v) is 3.81. The zero-order chi connectivity index (χ0) is 12.1. The van der Waals surface area contributed by atoms with Crippen molar-refractivity contribution < 1.29 is 9.53 Å². The van der Waals surface area contributed by atoms with E-state index in [-0.39, 0.29) is 17.9 Å². The van der Waals surface area contributed by atoms with Gasteiger partial charge in [0, 0.05) is 6.54 Å². The summed E-state index contributed by atoms with van der Waals surface area (Å²) in [6, 6.07) is 0. The number of nitrogens with one attached hydrogen (secondary N) is 2. The number of piperidine rings is 1. The summed E-state index contributed by atoms with van der Waals surface area (Å²) < 4.78 is 5.37. The number of rotatable bonds is 6. The van der Waals surface area contributed by atoms with Crippen molar-refractivity contribution in [2.75, 3.05) is 32.8 Å². The molecule has 0 aromatic rings. The third kappa shape index (κ3) is 4.64. The summed E-state index contributed by atoms with van der Waals surface area (Å²) in [5, 5.41) is 6.34. The molecule has 2 N–H and O–H groups in total. The number of ether oxygens (including phenoxy) is 1. The molecule has 1 aliphatic heterocycles. The van der Waals surface area contributed by atoms with Crippen molar-refractivity contribution in [1.82, 2.24) is 10.6 Å². The second-order valence-electron chi connectivity index (χ2n) is 5.80. The van der Waals surface area contributed by atoms with Gasteiger partial charge in [0.1, 0.15) is 6.61 Å². The second-order valence-corrected chi connectivity index (χ2v) is 5.80. The molecule has 4 heteroatoms. The Hall–Kier alpha value is -0.610. The Kier molecular flexibility index (Phi) is 4.40. The molecule has 1 saturated carbocycles. The standard InChI is InChI=1S/C13H24N2O2/c1-13(4-6-14-7-5-13)10-15-12(16)9-17-8-11-2-3-11/h11,14H,2-10H2,1H3,(H,15,16). The number of hydrogen-bond donors (Lipinski definition) is 2. The molecule has 0 bridgehead atoms. The first kappa shape index (κ1) is 12.8. The fourth-order valence-electron chi connectivity index (χ4n) is 2.17. The van der Waals surface area contributed by atoms with E-state index < -0.39 is 0 Å². The molecule has 2 fully saturated rings. The zero-order valence-corrected chi connectivity index (χ0v) is 10.8. The van der Waals surface area contributed by atoms with E-state index in [2.05, 4.69) is 17.6 Å². The second kappa shape index (κ2) is 5.83. The van der Waals surface area contributed by atoms with Crippen LogP contribution in [0.1, 0.15) is 32.6 Å². The smallest absolute Gasteiger partial charge is 0.246 e. The highest BCUT2D eigenvalue weighted by atomic mass is 16.5. The van der Waals surface area contributed by atoms with Gasteiger partial charge in [0.2, 0.25) is 5.91 Å². The minimum atomic E-state index is 0.0328. The normalized spacial score (nSPS) is 23.4. The van der Waals surface area contributed by atoms with Crippen LogP contribution >= 0.6 is 0 Å². The monoisotopic (exact) mass is 240 g/mol. The van der Waals surface area contributed by atoms with E-state index in [1.165, 1.54) is 12.8 Å². The van der Waals surface area contributed by atoms with Crippen molar-refractivity contribution in [3.63, 3.8) is 0 Å². The molecule has 0 unspecified atom stereocenters. The molecule has 2 aliphatic rings. The van der Waals surface area contributed by atoms with Crippen molar-refractivity contribution in [3.05, 3.63) is 0 Å². The molecule has 0 aromatic carbocycles. The van der Waals surface area contributed by atoms with Gasteiger partial charge in [-0.25, -0.2) is 0 Å². The summed E-state index contributed by atoms with van der Waals surface area (Å²) in [6.07, 6.45) is 4.81. The number of amides is 1. The molecule has 2 rings (SSSR count). The molecule has 0 radical (unpaired) electrons. The number of carbonyl (C=O) groups is 1. The molecular formula is C13H24N2O2. The average molecular weight is 240 g/mol. The maximum atomic E-state index is 11.6. The quantitative estimate of drug-likeness (QED) is 0.726. The van der Waals surface area contributed by atoms with Gasteiger partial charge in [-0.05, 0) is 50.1 Å². The highest BCUT2D eigenvalue weighted by Gasteiger charge is 2.27. The fraction of sp³-hybridized carbons (Fsp3) is 0.923. The third-order valence-electron chi connectivity index (χ3n) is 3.81. The lowest BCUT2D eigenvalue weighted by Gasteiger charge is -2.34. The van der Waals surface area contributed by atoms with Gasteiger partial charge in [-0.3, -0.25) is 4.79 Å². The zero-order valence-electron chi connectivity index (χ0n) is 10.8. The Morgan fingerprint density at radius 2 is 2.12 bits per heavy atom. The summed E-state index contributed by atoms with van der Waals surface area (Å²) in [4.78, 5) is 11.6. The Morgan fingerprint density at radius 3 is 2.76 bits per heavy atom. The van der Waals surface area contributed by atoms with Crippen LogP contribution in [0.5, 0.6) is 0 Å². The largest absolute Gasteiger partial charge is 0.371 e. The lowest BCUT2D eigenvalue weighted by molar-refractivity contribution is -0.126. The van der Waals surface area contributed by atoms with Crippen LogP contribution in [0.4, 0.5) is 0 Å². The highest BCUT2D eigenvalue weighted by Crippen LogP contribution is 2.28. The Balaban J connectivity index is 1.57. The summed E-state index contributed by atoms with van der Waals surface area (Å²) in [6.45, 7) is 6.13. The minimum Gasteiger partial charge on any atom is -0.371 e. The highest BCUT2D eigenvalue weighted by molar-refractivity contribution is 5.77. The van der Waals surface area contributed by atoms with Crippen LogP contribution in [-0.4, -0.2) is 38.8 Å². The molecule has 0 spiro atoms. The lowest BCUT2D eigenvalue weighted by atomic mass is 9.81. The van der Waals surface area contributed by atoms with Gasteiger partial charge in [0.15, 0.2) is 0 Å². The molecule has 17 heavy (non-hydrogen) atoms. The van der Waals surface area contributed by atoms with Gasteiger partial charge in [-0.1, -0.05) is 6.92 Å². The SMILES string of the molecule is CC1(CNC(=O)COCC2CC2)CCNCC1. The summed E-state index contributed by atoms with van der Waals surface area (Å²) in [5.41, 5.74) is 0.261. The first-order valence-corrected chi connectivity index (χ1v) is 6.73. The van der Waals surface area contributed by atoms with E-state index in [0.717, 1.165) is 45.0 Å². The minimum absolute atomic E-state index is 0.0328. The van der Waals surface area contributed by atoms with Crippen molar-refractivity contribution >= 4 is 5.91 Å². The van der Waals surface area contributed by atoms with Crippen molar-refractivity contribution in [2.24, 2.45) is 11.3 Å². The van der Waals surface area contributed by atoms with Crippen molar-refractivity contribution in [3.8, 4) is 0 Å². The predicted octanol–water partition coefficient (Wildman–Crippen LogP) is 0.919. The van der Waals surface area contributed by atoms with Crippen LogP contribution in [0, 0.1) is 11.3 Å².